The summed E-state index contributed by atoms with van der Waals surface area (Å²) in [6.45, 7) is 2.29. The molecule has 0 atom stereocenters. The van der Waals surface area contributed by atoms with Crippen LogP contribution < -0.4 is 5.73 Å². The molecule has 0 aliphatic carbocycles. The second-order valence-electron chi connectivity index (χ2n) is 3.60. The Morgan fingerprint density at radius 2 is 2.00 bits per heavy atom. The van der Waals surface area contributed by atoms with Gasteiger partial charge in [0.2, 0.25) is 0 Å². The van der Waals surface area contributed by atoms with Gasteiger partial charge in [-0.3, -0.25) is 4.79 Å². The van der Waals surface area contributed by atoms with E-state index in [1.807, 2.05) is 30.3 Å². The highest BCUT2D eigenvalue weighted by Crippen LogP contribution is 2.07. The van der Waals surface area contributed by atoms with Crippen molar-refractivity contribution in [2.75, 3.05) is 6.54 Å². The third-order valence-electron chi connectivity index (χ3n) is 2.08. The molecule has 1 aromatic carbocycles. The van der Waals surface area contributed by atoms with Gasteiger partial charge in [-0.25, -0.2) is 0 Å². The molecule has 0 aliphatic rings. The first-order valence-electron chi connectivity index (χ1n) is 5.17. The van der Waals surface area contributed by atoms with Crippen LogP contribution in [0.3, 0.4) is 0 Å². The lowest BCUT2D eigenvalue weighted by Gasteiger charge is -1.98. The van der Waals surface area contributed by atoms with E-state index in [4.69, 9.17) is 5.73 Å². The van der Waals surface area contributed by atoms with E-state index in [0.29, 0.717) is 13.0 Å². The van der Waals surface area contributed by atoms with Crippen molar-refractivity contribution >= 4 is 11.9 Å². The average molecular weight is 203 g/mol. The maximum absolute atomic E-state index is 10.9. The standard InChI is InChI=1S/C13H17NO/c1-11(15)10-13-7-5-12(6-8-13)4-2-3-9-14/h2,4-8H,3,9-10,14H2,1H3. The van der Waals surface area contributed by atoms with Crippen LogP contribution in [0.2, 0.25) is 0 Å². The second-order valence-corrected chi connectivity index (χ2v) is 3.60. The molecule has 1 rings (SSSR count). The summed E-state index contributed by atoms with van der Waals surface area (Å²) in [5, 5.41) is 0. The van der Waals surface area contributed by atoms with Crippen molar-refractivity contribution in [2.24, 2.45) is 5.73 Å². The van der Waals surface area contributed by atoms with Crippen molar-refractivity contribution in [2.45, 2.75) is 19.8 Å². The molecule has 0 bridgehead atoms. The van der Waals surface area contributed by atoms with E-state index in [1.165, 1.54) is 0 Å². The molecular formula is C13H17NO. The van der Waals surface area contributed by atoms with E-state index in [-0.39, 0.29) is 5.78 Å². The monoisotopic (exact) mass is 203 g/mol. The Kier molecular flexibility index (Phi) is 4.78. The maximum atomic E-state index is 10.9. The molecule has 0 aromatic heterocycles. The van der Waals surface area contributed by atoms with E-state index < -0.39 is 0 Å². The topological polar surface area (TPSA) is 43.1 Å². The molecule has 0 saturated carbocycles. The zero-order chi connectivity index (χ0) is 11.1. The zero-order valence-corrected chi connectivity index (χ0v) is 9.07. The Labute approximate surface area is 90.8 Å². The van der Waals surface area contributed by atoms with Gasteiger partial charge in [-0.15, -0.1) is 0 Å². The van der Waals surface area contributed by atoms with Crippen LogP contribution in [-0.4, -0.2) is 12.3 Å². The Morgan fingerprint density at radius 3 is 2.53 bits per heavy atom. The number of rotatable bonds is 5. The Hall–Kier alpha value is -1.41. The van der Waals surface area contributed by atoms with Gasteiger partial charge in [0, 0.05) is 6.42 Å². The summed E-state index contributed by atoms with van der Waals surface area (Å²) in [6, 6.07) is 8.02. The Bertz CT molecular complexity index is 338. The van der Waals surface area contributed by atoms with E-state index >= 15 is 0 Å². The van der Waals surface area contributed by atoms with Crippen LogP contribution in [0, 0.1) is 0 Å². The van der Waals surface area contributed by atoms with Gasteiger partial charge in [-0.05, 0) is 31.0 Å². The van der Waals surface area contributed by atoms with Crippen LogP contribution in [0.1, 0.15) is 24.5 Å². The molecule has 2 heteroatoms. The van der Waals surface area contributed by atoms with Crippen LogP contribution >= 0.6 is 0 Å². The fraction of sp³-hybridized carbons (Fsp3) is 0.308. The Balaban J connectivity index is 2.60. The molecule has 0 fully saturated rings. The maximum Gasteiger partial charge on any atom is 0.134 e. The summed E-state index contributed by atoms with van der Waals surface area (Å²) < 4.78 is 0. The van der Waals surface area contributed by atoms with Gasteiger partial charge in [-0.1, -0.05) is 36.4 Å². The normalized spacial score (nSPS) is 10.8. The number of carbonyl (C=O) groups excluding carboxylic acids is 1. The van der Waals surface area contributed by atoms with Gasteiger partial charge in [0.1, 0.15) is 5.78 Å². The molecule has 2 nitrogen and oxygen atoms in total. The molecule has 0 radical (unpaired) electrons. The van der Waals surface area contributed by atoms with Crippen LogP contribution in [-0.2, 0) is 11.2 Å². The molecular weight excluding hydrogens is 186 g/mol. The molecule has 0 spiro atoms. The minimum Gasteiger partial charge on any atom is -0.330 e. The molecule has 2 N–H and O–H groups in total. The average Bonchev–Trinajstić information content (AvgIpc) is 2.20. The van der Waals surface area contributed by atoms with Gasteiger partial charge in [-0.2, -0.15) is 0 Å². The highest BCUT2D eigenvalue weighted by molar-refractivity contribution is 5.78. The van der Waals surface area contributed by atoms with Crippen molar-refractivity contribution in [3.8, 4) is 0 Å². The van der Waals surface area contributed by atoms with Crippen molar-refractivity contribution in [3.05, 3.63) is 41.5 Å². The minimum absolute atomic E-state index is 0.196. The molecule has 0 aliphatic heterocycles. The SMILES string of the molecule is CC(=O)Cc1ccc(C=CCCN)cc1. The van der Waals surface area contributed by atoms with Crippen LogP contribution in [0.25, 0.3) is 6.08 Å². The molecule has 1 aromatic rings. The van der Waals surface area contributed by atoms with Crippen molar-refractivity contribution in [3.63, 3.8) is 0 Å². The smallest absolute Gasteiger partial charge is 0.134 e. The van der Waals surface area contributed by atoms with Gasteiger partial charge < -0.3 is 5.73 Å². The summed E-state index contributed by atoms with van der Waals surface area (Å²) in [5.74, 6) is 0.196. The van der Waals surface area contributed by atoms with Gasteiger partial charge >= 0.3 is 0 Å². The van der Waals surface area contributed by atoms with E-state index in [0.717, 1.165) is 17.5 Å². The number of hydrogen-bond donors (Lipinski definition) is 1. The molecule has 15 heavy (non-hydrogen) atoms. The van der Waals surface area contributed by atoms with Crippen LogP contribution in [0.4, 0.5) is 0 Å². The largest absolute Gasteiger partial charge is 0.330 e. The second kappa shape index (κ2) is 6.14. The minimum atomic E-state index is 0.196. The number of benzene rings is 1. The van der Waals surface area contributed by atoms with E-state index in [2.05, 4.69) is 6.08 Å². The summed E-state index contributed by atoms with van der Waals surface area (Å²) in [5.41, 5.74) is 7.60. The fourth-order valence-corrected chi connectivity index (χ4v) is 1.35. The summed E-state index contributed by atoms with van der Waals surface area (Å²) in [6.07, 6.45) is 5.52. The predicted octanol–water partition coefficient (Wildman–Crippen LogP) is 2.18. The lowest BCUT2D eigenvalue weighted by molar-refractivity contribution is -0.116. The first-order valence-corrected chi connectivity index (χ1v) is 5.17. The quantitative estimate of drug-likeness (QED) is 0.797. The van der Waals surface area contributed by atoms with E-state index in [9.17, 15) is 4.79 Å². The number of hydrogen-bond acceptors (Lipinski definition) is 2. The zero-order valence-electron chi connectivity index (χ0n) is 9.07. The lowest BCUT2D eigenvalue weighted by Crippen LogP contribution is -1.96. The van der Waals surface area contributed by atoms with Gasteiger partial charge in [0.25, 0.3) is 0 Å². The predicted molar refractivity (Wildman–Crippen MR) is 63.5 cm³/mol. The summed E-state index contributed by atoms with van der Waals surface area (Å²) in [7, 11) is 0. The molecule has 80 valence electrons. The number of carbonyl (C=O) groups is 1. The highest BCUT2D eigenvalue weighted by Gasteiger charge is 1.96. The fourth-order valence-electron chi connectivity index (χ4n) is 1.35. The first kappa shape index (κ1) is 11.7. The van der Waals surface area contributed by atoms with E-state index in [1.54, 1.807) is 6.92 Å². The summed E-state index contributed by atoms with van der Waals surface area (Å²) >= 11 is 0. The third-order valence-corrected chi connectivity index (χ3v) is 2.08. The number of Topliss-reactive ketones (excluding diaryl/α,β-unsaturated/α-hetero) is 1. The number of ketones is 1. The van der Waals surface area contributed by atoms with Gasteiger partial charge in [0.05, 0.1) is 0 Å². The molecule has 0 saturated heterocycles. The molecule has 0 amide bonds. The summed E-state index contributed by atoms with van der Waals surface area (Å²) in [4.78, 5) is 10.9. The van der Waals surface area contributed by atoms with Crippen LogP contribution in [0.15, 0.2) is 30.3 Å². The van der Waals surface area contributed by atoms with Crippen molar-refractivity contribution < 1.29 is 4.79 Å². The number of nitrogens with two attached hydrogens (primary N) is 1. The Morgan fingerprint density at radius 1 is 1.33 bits per heavy atom. The van der Waals surface area contributed by atoms with Crippen molar-refractivity contribution in [1.82, 2.24) is 0 Å². The van der Waals surface area contributed by atoms with Crippen LogP contribution in [0.5, 0.6) is 0 Å². The molecule has 0 unspecified atom stereocenters. The lowest BCUT2D eigenvalue weighted by atomic mass is 10.1. The van der Waals surface area contributed by atoms with Gasteiger partial charge in [0.15, 0.2) is 0 Å². The first-order chi connectivity index (χ1) is 7.22. The third kappa shape index (κ3) is 4.56. The van der Waals surface area contributed by atoms with Crippen molar-refractivity contribution in [1.29, 1.82) is 0 Å². The molecule has 0 heterocycles. The highest BCUT2D eigenvalue weighted by atomic mass is 16.1.